The van der Waals surface area contributed by atoms with Crippen LogP contribution in [0.3, 0.4) is 0 Å². The van der Waals surface area contributed by atoms with Crippen LogP contribution in [0.25, 0.3) is 10.8 Å². The number of aliphatic hydroxyl groups excluding tert-OH is 1. The maximum atomic E-state index is 11.0. The van der Waals surface area contributed by atoms with E-state index in [1.54, 1.807) is 38.1 Å². The van der Waals surface area contributed by atoms with Crippen LogP contribution >= 0.6 is 8.25 Å². The maximum Gasteiger partial charge on any atom is 0.747 e. The first-order valence-corrected chi connectivity index (χ1v) is 7.92. The van der Waals surface area contributed by atoms with Gasteiger partial charge in [-0.25, -0.2) is 4.52 Å². The van der Waals surface area contributed by atoms with Gasteiger partial charge in [-0.3, -0.25) is 0 Å². The second-order valence-electron chi connectivity index (χ2n) is 5.79. The van der Waals surface area contributed by atoms with Crippen LogP contribution in [0.15, 0.2) is 24.3 Å². The summed E-state index contributed by atoms with van der Waals surface area (Å²) in [5.41, 5.74) is -0.426. The second kappa shape index (κ2) is 5.09. The molecule has 22 heavy (non-hydrogen) atoms. The van der Waals surface area contributed by atoms with E-state index in [9.17, 15) is 14.8 Å². The molecule has 0 saturated carbocycles. The van der Waals surface area contributed by atoms with Gasteiger partial charge in [0.2, 0.25) is 5.75 Å². The van der Waals surface area contributed by atoms with Gasteiger partial charge in [0.15, 0.2) is 5.75 Å². The van der Waals surface area contributed by atoms with Crippen molar-refractivity contribution in [2.24, 2.45) is 0 Å². The molecule has 6 nitrogen and oxygen atoms in total. The van der Waals surface area contributed by atoms with Gasteiger partial charge in [0, 0.05) is 27.3 Å². The van der Waals surface area contributed by atoms with E-state index in [1.165, 1.54) is 0 Å². The molecule has 3 N–H and O–H groups in total. The van der Waals surface area contributed by atoms with Crippen LogP contribution in [0.2, 0.25) is 0 Å². The third-order valence-corrected chi connectivity index (χ3v) is 4.26. The Balaban J connectivity index is 2.32. The fourth-order valence-electron chi connectivity index (χ4n) is 2.66. The van der Waals surface area contributed by atoms with E-state index in [0.29, 0.717) is 22.1 Å². The first kappa shape index (κ1) is 15.0. The van der Waals surface area contributed by atoms with Crippen LogP contribution in [-0.2, 0) is 11.0 Å². The Morgan fingerprint density at radius 1 is 1.32 bits per heavy atom. The first-order valence-electron chi connectivity index (χ1n) is 6.79. The quantitative estimate of drug-likeness (QED) is 0.735. The number of phenols is 1. The summed E-state index contributed by atoms with van der Waals surface area (Å²) in [6.07, 6.45) is -0.653. The average molecular weight is 323 g/mol. The molecule has 1 aliphatic heterocycles. The molecule has 7 heteroatoms. The van der Waals surface area contributed by atoms with Gasteiger partial charge in [0.25, 0.3) is 0 Å². The average Bonchev–Trinajstić information content (AvgIpc) is 2.45. The molecule has 0 aliphatic carbocycles. The molecule has 0 bridgehead atoms. The molecule has 1 aliphatic rings. The summed E-state index contributed by atoms with van der Waals surface area (Å²) in [6.45, 7) is 3.53. The minimum absolute atomic E-state index is 0.0755. The molecule has 0 radical (unpaired) electrons. The van der Waals surface area contributed by atoms with Crippen LogP contribution in [0.4, 0.5) is 0 Å². The number of rotatable bonds is 2. The standard InChI is InChI=1S/C15H15O6P/c1-15(2)11(16)7-10-12(17)14(21-22(18)19)9-6-4-3-5-8(9)13(10)20-15/h3-6,11,16H,7H2,1-2H3,(H-,17,18,19)/p+1. The zero-order valence-corrected chi connectivity index (χ0v) is 13.0. The van der Waals surface area contributed by atoms with Crippen LogP contribution < -0.4 is 9.26 Å². The molecule has 2 aromatic carbocycles. The van der Waals surface area contributed by atoms with E-state index in [4.69, 9.17) is 14.2 Å². The van der Waals surface area contributed by atoms with Crippen molar-refractivity contribution in [3.05, 3.63) is 29.8 Å². The highest BCUT2D eigenvalue weighted by Gasteiger charge is 2.39. The SMILES string of the molecule is CC1(C)Oc2c(c(O)c(O[P+](=O)O)c3ccccc23)CC1O. The minimum Gasteiger partial charge on any atom is -0.504 e. The molecule has 0 fully saturated rings. The molecule has 2 atom stereocenters. The van der Waals surface area contributed by atoms with Crippen molar-refractivity contribution in [2.75, 3.05) is 0 Å². The second-order valence-corrected chi connectivity index (χ2v) is 6.44. The Bertz CT molecular complexity index is 770. The van der Waals surface area contributed by atoms with E-state index < -0.39 is 20.0 Å². The van der Waals surface area contributed by atoms with Gasteiger partial charge in [-0.05, 0) is 13.8 Å². The predicted molar refractivity (Wildman–Crippen MR) is 80.5 cm³/mol. The third-order valence-electron chi connectivity index (χ3n) is 3.93. The number of aliphatic hydroxyl groups is 1. The van der Waals surface area contributed by atoms with Gasteiger partial charge in [-0.1, -0.05) is 24.3 Å². The normalized spacial score (nSPS) is 20.2. The molecular formula is C15H16O6P+. The van der Waals surface area contributed by atoms with Crippen molar-refractivity contribution < 1.29 is 28.9 Å². The van der Waals surface area contributed by atoms with Crippen molar-refractivity contribution in [1.29, 1.82) is 0 Å². The Labute approximate surface area is 127 Å². The number of aromatic hydroxyl groups is 1. The number of hydrogen-bond donors (Lipinski definition) is 3. The number of benzene rings is 2. The van der Waals surface area contributed by atoms with Crippen molar-refractivity contribution >= 4 is 19.0 Å². The van der Waals surface area contributed by atoms with Gasteiger partial charge < -0.3 is 14.9 Å². The maximum absolute atomic E-state index is 11.0. The Morgan fingerprint density at radius 3 is 2.59 bits per heavy atom. The summed E-state index contributed by atoms with van der Waals surface area (Å²) in [6, 6.07) is 6.97. The molecule has 0 amide bonds. The number of hydrogen-bond acceptors (Lipinski definition) is 5. The highest BCUT2D eigenvalue weighted by Crippen LogP contribution is 2.50. The number of ether oxygens (including phenoxy) is 1. The lowest BCUT2D eigenvalue weighted by Gasteiger charge is -2.37. The summed E-state index contributed by atoms with van der Waals surface area (Å²) >= 11 is 0. The van der Waals surface area contributed by atoms with Crippen LogP contribution in [0, 0.1) is 0 Å². The lowest BCUT2D eigenvalue weighted by atomic mass is 9.88. The Kier molecular flexibility index (Phi) is 3.48. The van der Waals surface area contributed by atoms with Crippen LogP contribution in [0.5, 0.6) is 17.2 Å². The summed E-state index contributed by atoms with van der Waals surface area (Å²) in [5.74, 6) is 0.109. The first-order chi connectivity index (χ1) is 10.3. The topological polar surface area (TPSA) is 96.2 Å². The highest BCUT2D eigenvalue weighted by molar-refractivity contribution is 7.32. The van der Waals surface area contributed by atoms with Gasteiger partial charge in [-0.15, -0.1) is 4.89 Å². The molecule has 116 valence electrons. The molecule has 2 aromatic rings. The summed E-state index contributed by atoms with van der Waals surface area (Å²) in [7, 11) is -2.92. The van der Waals surface area contributed by atoms with Crippen molar-refractivity contribution in [3.8, 4) is 17.2 Å². The lowest BCUT2D eigenvalue weighted by molar-refractivity contribution is -0.0406. The largest absolute Gasteiger partial charge is 0.747 e. The third kappa shape index (κ3) is 2.29. The molecular weight excluding hydrogens is 307 g/mol. The highest BCUT2D eigenvalue weighted by atomic mass is 31.1. The van der Waals surface area contributed by atoms with Crippen LogP contribution in [0.1, 0.15) is 19.4 Å². The van der Waals surface area contributed by atoms with E-state index >= 15 is 0 Å². The van der Waals surface area contributed by atoms with E-state index in [-0.39, 0.29) is 17.9 Å². The van der Waals surface area contributed by atoms with Gasteiger partial charge in [-0.2, -0.15) is 0 Å². The Morgan fingerprint density at radius 2 is 1.95 bits per heavy atom. The van der Waals surface area contributed by atoms with E-state index in [2.05, 4.69) is 0 Å². The van der Waals surface area contributed by atoms with Crippen molar-refractivity contribution in [1.82, 2.24) is 0 Å². The van der Waals surface area contributed by atoms with Gasteiger partial charge >= 0.3 is 8.25 Å². The fourth-order valence-corrected chi connectivity index (χ4v) is 3.00. The summed E-state index contributed by atoms with van der Waals surface area (Å²) in [5, 5.41) is 21.7. The molecule has 1 heterocycles. The number of fused-ring (bicyclic) bond motifs is 3. The molecule has 0 spiro atoms. The fraction of sp³-hybridized carbons (Fsp3) is 0.333. The number of phenolic OH excluding ortho intramolecular Hbond substituents is 1. The summed E-state index contributed by atoms with van der Waals surface area (Å²) < 4.78 is 21.8. The molecule has 3 rings (SSSR count). The van der Waals surface area contributed by atoms with E-state index in [1.807, 2.05) is 0 Å². The van der Waals surface area contributed by atoms with E-state index in [0.717, 1.165) is 0 Å². The minimum atomic E-state index is -2.92. The van der Waals surface area contributed by atoms with Gasteiger partial charge in [0.1, 0.15) is 11.4 Å². The molecule has 0 saturated heterocycles. The zero-order valence-electron chi connectivity index (χ0n) is 12.1. The zero-order chi connectivity index (χ0) is 16.1. The summed E-state index contributed by atoms with van der Waals surface area (Å²) in [4.78, 5) is 9.02. The van der Waals surface area contributed by atoms with Crippen molar-refractivity contribution in [2.45, 2.75) is 32.0 Å². The smallest absolute Gasteiger partial charge is 0.504 e. The monoisotopic (exact) mass is 323 g/mol. The lowest BCUT2D eigenvalue weighted by Crippen LogP contribution is -2.46. The predicted octanol–water partition coefficient (Wildman–Crippen LogP) is 2.65. The van der Waals surface area contributed by atoms with Gasteiger partial charge in [0.05, 0.1) is 6.10 Å². The van der Waals surface area contributed by atoms with Crippen molar-refractivity contribution in [3.63, 3.8) is 0 Å². The van der Waals surface area contributed by atoms with Crippen LogP contribution in [-0.4, -0.2) is 26.8 Å². The molecule has 0 aromatic heterocycles. The Hall–Kier alpha value is -1.88. The molecule has 2 unspecified atom stereocenters.